The topological polar surface area (TPSA) is 0 Å². The molecule has 0 aromatic heterocycles. The smallest absolute Gasteiger partial charge is 0.160 e. The summed E-state index contributed by atoms with van der Waals surface area (Å²) in [5, 5.41) is 0. The van der Waals surface area contributed by atoms with Crippen molar-refractivity contribution >= 4 is 43.6 Å². The van der Waals surface area contributed by atoms with Crippen LogP contribution in [0.15, 0.2) is 32.0 Å². The van der Waals surface area contributed by atoms with Crippen molar-refractivity contribution in [3.8, 4) is 0 Å². The van der Waals surface area contributed by atoms with Crippen molar-refractivity contribution in [3.05, 3.63) is 27.1 Å². The van der Waals surface area contributed by atoms with Gasteiger partial charge in [0, 0.05) is 13.8 Å². The maximum absolute atomic E-state index is 12.0. The molecule has 6 heteroatoms. The van der Waals surface area contributed by atoms with E-state index in [1.54, 1.807) is 12.1 Å². The van der Waals surface area contributed by atoms with Crippen LogP contribution in [-0.4, -0.2) is 5.51 Å². The highest BCUT2D eigenvalue weighted by atomic mass is 79.9. The number of rotatable bonds is 1. The maximum atomic E-state index is 12.0. The number of halogens is 5. The van der Waals surface area contributed by atoms with Gasteiger partial charge in [-0.2, -0.15) is 13.2 Å². The second kappa shape index (κ2) is 4.23. The summed E-state index contributed by atoms with van der Waals surface area (Å²) in [7, 11) is 0. The first kappa shape index (κ1) is 11.4. The second-order valence-corrected chi connectivity index (χ2v) is 5.00. The van der Waals surface area contributed by atoms with Crippen LogP contribution in [0.5, 0.6) is 0 Å². The monoisotopic (exact) mass is 334 g/mol. The van der Waals surface area contributed by atoms with E-state index >= 15 is 0 Å². The molecule has 0 atom stereocenters. The van der Waals surface area contributed by atoms with E-state index < -0.39 is 5.51 Å². The molecule has 0 amide bonds. The van der Waals surface area contributed by atoms with Crippen LogP contribution in [0.25, 0.3) is 0 Å². The molecule has 1 aromatic rings. The summed E-state index contributed by atoms with van der Waals surface area (Å²) in [5.74, 6) is 0. The lowest BCUT2D eigenvalue weighted by Gasteiger charge is -2.07. The van der Waals surface area contributed by atoms with E-state index in [9.17, 15) is 13.2 Å². The highest BCUT2D eigenvalue weighted by molar-refractivity contribution is 9.11. The van der Waals surface area contributed by atoms with Crippen molar-refractivity contribution in [2.75, 3.05) is 0 Å². The summed E-state index contributed by atoms with van der Waals surface area (Å²) >= 11 is 6.01. The third-order valence-electron chi connectivity index (χ3n) is 1.12. The molecule has 0 fully saturated rings. The first-order chi connectivity index (χ1) is 5.88. The van der Waals surface area contributed by atoms with Crippen molar-refractivity contribution in [3.63, 3.8) is 0 Å². The summed E-state index contributed by atoms with van der Waals surface area (Å²) in [6.07, 6.45) is 0. The molecule has 13 heavy (non-hydrogen) atoms. The molecule has 1 rings (SSSR count). The minimum Gasteiger partial charge on any atom is -0.160 e. The van der Waals surface area contributed by atoms with Crippen LogP contribution in [0.3, 0.4) is 0 Å². The van der Waals surface area contributed by atoms with Gasteiger partial charge in [0.2, 0.25) is 0 Å². The Morgan fingerprint density at radius 1 is 1.15 bits per heavy atom. The highest BCUT2D eigenvalue weighted by Crippen LogP contribution is 2.41. The molecule has 0 unspecified atom stereocenters. The Kier molecular flexibility index (Phi) is 3.71. The molecule has 0 saturated heterocycles. The van der Waals surface area contributed by atoms with Gasteiger partial charge < -0.3 is 0 Å². The molecule has 0 radical (unpaired) electrons. The number of hydrogen-bond acceptors (Lipinski definition) is 1. The predicted molar refractivity (Wildman–Crippen MR) is 53.8 cm³/mol. The van der Waals surface area contributed by atoms with Crippen LogP contribution in [0.1, 0.15) is 0 Å². The van der Waals surface area contributed by atoms with Crippen LogP contribution >= 0.6 is 43.6 Å². The standard InChI is InChI=1S/C7H3Br2F3S/c8-4-1-2-5(9)6(3-4)13-7(10,11)12/h1-3H. The van der Waals surface area contributed by atoms with E-state index in [4.69, 9.17) is 0 Å². The first-order valence-corrected chi connectivity index (χ1v) is 5.49. The molecular weight excluding hydrogens is 333 g/mol. The Morgan fingerprint density at radius 3 is 2.31 bits per heavy atom. The van der Waals surface area contributed by atoms with Crippen molar-refractivity contribution in [1.29, 1.82) is 0 Å². The average molecular weight is 336 g/mol. The second-order valence-electron chi connectivity index (χ2n) is 2.12. The third-order valence-corrected chi connectivity index (χ3v) is 3.36. The van der Waals surface area contributed by atoms with Gasteiger partial charge in [-0.1, -0.05) is 15.9 Å². The number of alkyl halides is 3. The zero-order chi connectivity index (χ0) is 10.1. The zero-order valence-corrected chi connectivity index (χ0v) is 10.0. The van der Waals surface area contributed by atoms with Crippen LogP contribution in [-0.2, 0) is 0 Å². The minimum absolute atomic E-state index is 0.135. The summed E-state index contributed by atoms with van der Waals surface area (Å²) in [5.41, 5.74) is -4.25. The van der Waals surface area contributed by atoms with Crippen LogP contribution < -0.4 is 0 Å². The van der Waals surface area contributed by atoms with Gasteiger partial charge in [-0.25, -0.2) is 0 Å². The molecule has 0 spiro atoms. The van der Waals surface area contributed by atoms with Gasteiger partial charge in [0.25, 0.3) is 0 Å². The largest absolute Gasteiger partial charge is 0.446 e. The molecule has 0 nitrogen and oxygen atoms in total. The molecule has 72 valence electrons. The Morgan fingerprint density at radius 2 is 1.77 bits per heavy atom. The summed E-state index contributed by atoms with van der Waals surface area (Å²) in [4.78, 5) is 0.155. The van der Waals surface area contributed by atoms with Crippen LogP contribution in [0.4, 0.5) is 13.2 Å². The number of benzene rings is 1. The molecule has 0 heterocycles. The molecule has 0 saturated carbocycles. The van der Waals surface area contributed by atoms with Gasteiger partial charge in [-0.3, -0.25) is 0 Å². The van der Waals surface area contributed by atoms with Crippen LogP contribution in [0.2, 0.25) is 0 Å². The van der Waals surface area contributed by atoms with E-state index in [1.807, 2.05) is 0 Å². The van der Waals surface area contributed by atoms with Gasteiger partial charge >= 0.3 is 5.51 Å². The van der Waals surface area contributed by atoms with E-state index in [1.165, 1.54) is 6.07 Å². The lowest BCUT2D eigenvalue weighted by atomic mass is 10.4. The van der Waals surface area contributed by atoms with Gasteiger partial charge in [0.05, 0.1) is 0 Å². The zero-order valence-electron chi connectivity index (χ0n) is 6.03. The molecule has 0 N–H and O–H groups in total. The number of thioether (sulfide) groups is 1. The van der Waals surface area contributed by atoms with Crippen molar-refractivity contribution < 1.29 is 13.2 Å². The Balaban J connectivity index is 2.94. The quantitative estimate of drug-likeness (QED) is 0.663. The first-order valence-electron chi connectivity index (χ1n) is 3.09. The molecule has 1 aromatic carbocycles. The van der Waals surface area contributed by atoms with Gasteiger partial charge in [-0.05, 0) is 45.9 Å². The third kappa shape index (κ3) is 3.91. The normalized spacial score (nSPS) is 11.8. The summed E-state index contributed by atoms with van der Waals surface area (Å²) in [6, 6.07) is 4.66. The lowest BCUT2D eigenvalue weighted by molar-refractivity contribution is -0.0328. The van der Waals surface area contributed by atoms with Crippen molar-refractivity contribution in [2.45, 2.75) is 10.4 Å². The van der Waals surface area contributed by atoms with E-state index in [2.05, 4.69) is 31.9 Å². The SMILES string of the molecule is FC(F)(F)Sc1cc(Br)ccc1Br. The number of hydrogen-bond donors (Lipinski definition) is 0. The molecule has 0 aliphatic carbocycles. The molecular formula is C7H3Br2F3S. The highest BCUT2D eigenvalue weighted by Gasteiger charge is 2.30. The van der Waals surface area contributed by atoms with Gasteiger partial charge in [-0.15, -0.1) is 0 Å². The fraction of sp³-hybridized carbons (Fsp3) is 0.143. The summed E-state index contributed by atoms with van der Waals surface area (Å²) < 4.78 is 37.0. The Bertz CT molecular complexity index is 311. The Labute approximate surface area is 94.2 Å². The predicted octanol–water partition coefficient (Wildman–Crippen LogP) is 4.82. The fourth-order valence-corrected chi connectivity index (χ4v) is 2.28. The van der Waals surface area contributed by atoms with Crippen molar-refractivity contribution in [2.24, 2.45) is 0 Å². The molecule has 0 bridgehead atoms. The van der Waals surface area contributed by atoms with Gasteiger partial charge in [0.15, 0.2) is 0 Å². The fourth-order valence-electron chi connectivity index (χ4n) is 0.680. The lowest BCUT2D eigenvalue weighted by Crippen LogP contribution is -1.99. The van der Waals surface area contributed by atoms with E-state index in [0.717, 1.165) is 0 Å². The summed E-state index contributed by atoms with van der Waals surface area (Å²) in [6.45, 7) is 0. The molecule has 0 aliphatic heterocycles. The van der Waals surface area contributed by atoms with Crippen LogP contribution in [0, 0.1) is 0 Å². The average Bonchev–Trinajstić information content (AvgIpc) is 1.94. The van der Waals surface area contributed by atoms with Crippen molar-refractivity contribution in [1.82, 2.24) is 0 Å². The van der Waals surface area contributed by atoms with E-state index in [-0.39, 0.29) is 16.7 Å². The maximum Gasteiger partial charge on any atom is 0.446 e. The minimum atomic E-state index is -4.25. The Hall–Kier alpha value is 0.320. The molecule has 0 aliphatic rings. The van der Waals surface area contributed by atoms with Gasteiger partial charge in [0.1, 0.15) is 0 Å². The van der Waals surface area contributed by atoms with E-state index in [0.29, 0.717) is 8.95 Å².